The molecule has 1 saturated heterocycles. The van der Waals surface area contributed by atoms with Crippen LogP contribution in [0.4, 0.5) is 14.7 Å². The second-order valence-electron chi connectivity index (χ2n) is 7.45. The Kier molecular flexibility index (Phi) is 4.52. The largest absolute Gasteiger partial charge is 0.389 e. The minimum absolute atomic E-state index is 0.202. The van der Waals surface area contributed by atoms with Crippen molar-refractivity contribution in [1.82, 2.24) is 9.97 Å². The molecule has 2 aromatic rings. The molecule has 1 aliphatic carbocycles. The topological polar surface area (TPSA) is 99.1 Å². The maximum Gasteiger partial charge on any atom is 0.290 e. The van der Waals surface area contributed by atoms with Crippen LogP contribution in [0.2, 0.25) is 0 Å². The van der Waals surface area contributed by atoms with E-state index in [0.29, 0.717) is 23.4 Å². The molecule has 3 N–H and O–H groups in total. The number of aromatic nitrogens is 2. The summed E-state index contributed by atoms with van der Waals surface area (Å²) in [5.74, 6) is -2.76. The lowest BCUT2D eigenvalue weighted by Gasteiger charge is -2.43. The summed E-state index contributed by atoms with van der Waals surface area (Å²) in [5, 5.41) is 18.6. The highest BCUT2D eigenvalue weighted by Gasteiger charge is 2.45. The standard InChI is InChI=1S/C20H21F2N5O/c1-11-16(28)10-27(11)19-25-17(14-6-8-20(21,22)18(14)26-19)13-4-2-12(3-5-13)15(24)7-9-23/h2-5,11,15-16,28H,6-8,10,24H2,1H3/t11-,15?,16?/m0/s1. The van der Waals surface area contributed by atoms with E-state index in [4.69, 9.17) is 11.0 Å². The van der Waals surface area contributed by atoms with Crippen molar-refractivity contribution in [2.75, 3.05) is 11.4 Å². The van der Waals surface area contributed by atoms with Crippen LogP contribution in [0.25, 0.3) is 11.3 Å². The summed E-state index contributed by atoms with van der Waals surface area (Å²) >= 11 is 0. The molecule has 0 spiro atoms. The molecule has 6 nitrogen and oxygen atoms in total. The van der Waals surface area contributed by atoms with Crippen LogP contribution in [0, 0.1) is 11.3 Å². The minimum atomic E-state index is -2.98. The minimum Gasteiger partial charge on any atom is -0.389 e. The third-order valence-electron chi connectivity index (χ3n) is 5.64. The van der Waals surface area contributed by atoms with Crippen molar-refractivity contribution in [2.45, 2.75) is 50.3 Å². The zero-order chi connectivity index (χ0) is 20.1. The van der Waals surface area contributed by atoms with Gasteiger partial charge in [-0.25, -0.2) is 9.97 Å². The summed E-state index contributed by atoms with van der Waals surface area (Å²) in [6.45, 7) is 2.14. The molecule has 28 heavy (non-hydrogen) atoms. The summed E-state index contributed by atoms with van der Waals surface area (Å²) in [4.78, 5) is 10.5. The van der Waals surface area contributed by atoms with E-state index in [1.165, 1.54) is 0 Å². The Morgan fingerprint density at radius 1 is 1.36 bits per heavy atom. The summed E-state index contributed by atoms with van der Waals surface area (Å²) in [7, 11) is 0. The van der Waals surface area contributed by atoms with E-state index in [1.54, 1.807) is 29.2 Å². The number of hydrogen-bond acceptors (Lipinski definition) is 6. The monoisotopic (exact) mass is 385 g/mol. The van der Waals surface area contributed by atoms with E-state index in [2.05, 4.69) is 9.97 Å². The predicted octanol–water partition coefficient (Wildman–Crippen LogP) is 2.66. The number of β-amino-alcohol motifs (C(OH)–C–C–N with tert-alkyl or cyclic N) is 1. The molecule has 0 saturated carbocycles. The van der Waals surface area contributed by atoms with Crippen LogP contribution >= 0.6 is 0 Å². The number of rotatable bonds is 4. The molecule has 2 aliphatic rings. The summed E-state index contributed by atoms with van der Waals surface area (Å²) in [6.07, 6.45) is -0.377. The zero-order valence-corrected chi connectivity index (χ0v) is 15.4. The van der Waals surface area contributed by atoms with Gasteiger partial charge in [0.05, 0.1) is 30.3 Å². The maximum absolute atomic E-state index is 14.4. The van der Waals surface area contributed by atoms with E-state index in [9.17, 15) is 13.9 Å². The fourth-order valence-electron chi connectivity index (χ4n) is 3.74. The molecular formula is C20H21F2N5O. The molecule has 2 unspecified atom stereocenters. The summed E-state index contributed by atoms with van der Waals surface area (Å²) in [6, 6.07) is 8.63. The van der Waals surface area contributed by atoms with E-state index >= 15 is 0 Å². The summed E-state index contributed by atoms with van der Waals surface area (Å²) < 4.78 is 28.8. The van der Waals surface area contributed by atoms with Crippen LogP contribution in [-0.2, 0) is 12.3 Å². The van der Waals surface area contributed by atoms with Crippen LogP contribution < -0.4 is 10.6 Å². The molecule has 1 fully saturated rings. The number of nitrogens with two attached hydrogens (primary N) is 1. The Morgan fingerprint density at radius 3 is 2.68 bits per heavy atom. The number of aliphatic hydroxyl groups is 1. The lowest BCUT2D eigenvalue weighted by molar-refractivity contribution is -0.00603. The van der Waals surface area contributed by atoms with E-state index in [-0.39, 0.29) is 36.9 Å². The first-order valence-electron chi connectivity index (χ1n) is 9.28. The SMILES string of the molecule is C[C@H]1C(O)CN1c1nc(-c2ccc(C(N)CC#N)cc2)c2c(n1)C(F)(F)CC2. The molecule has 1 aromatic carbocycles. The third kappa shape index (κ3) is 3.01. The van der Waals surface area contributed by atoms with Gasteiger partial charge in [-0.05, 0) is 18.9 Å². The molecule has 0 radical (unpaired) electrons. The quantitative estimate of drug-likeness (QED) is 0.840. The average molecular weight is 385 g/mol. The lowest BCUT2D eigenvalue weighted by atomic mass is 9.99. The van der Waals surface area contributed by atoms with Crippen molar-refractivity contribution in [3.63, 3.8) is 0 Å². The number of fused-ring (bicyclic) bond motifs is 1. The molecule has 146 valence electrons. The highest BCUT2D eigenvalue weighted by atomic mass is 19.3. The highest BCUT2D eigenvalue weighted by molar-refractivity contribution is 5.67. The van der Waals surface area contributed by atoms with Gasteiger partial charge in [0, 0.05) is 30.1 Å². The van der Waals surface area contributed by atoms with Crippen molar-refractivity contribution in [3.05, 3.63) is 41.1 Å². The molecule has 4 rings (SSSR count). The van der Waals surface area contributed by atoms with Crippen LogP contribution in [-0.4, -0.2) is 33.8 Å². The van der Waals surface area contributed by atoms with Crippen molar-refractivity contribution in [1.29, 1.82) is 5.26 Å². The van der Waals surface area contributed by atoms with E-state index in [1.807, 2.05) is 13.0 Å². The smallest absolute Gasteiger partial charge is 0.290 e. The lowest BCUT2D eigenvalue weighted by Crippen LogP contribution is -2.59. The fraction of sp³-hybridized carbons (Fsp3) is 0.450. The number of alkyl halides is 2. The van der Waals surface area contributed by atoms with Gasteiger partial charge in [-0.2, -0.15) is 14.0 Å². The van der Waals surface area contributed by atoms with Crippen LogP contribution in [0.3, 0.4) is 0 Å². The van der Waals surface area contributed by atoms with Gasteiger partial charge in [0.25, 0.3) is 5.92 Å². The number of nitrogens with zero attached hydrogens (tertiary/aromatic N) is 4. The predicted molar refractivity (Wildman–Crippen MR) is 99.7 cm³/mol. The molecule has 1 aliphatic heterocycles. The second-order valence-corrected chi connectivity index (χ2v) is 7.45. The molecular weight excluding hydrogens is 364 g/mol. The van der Waals surface area contributed by atoms with Gasteiger partial charge in [-0.15, -0.1) is 0 Å². The van der Waals surface area contributed by atoms with Crippen LogP contribution in [0.1, 0.15) is 42.6 Å². The van der Waals surface area contributed by atoms with Gasteiger partial charge in [0.1, 0.15) is 5.69 Å². The number of halogens is 2. The second kappa shape index (κ2) is 6.76. The van der Waals surface area contributed by atoms with Gasteiger partial charge in [-0.3, -0.25) is 0 Å². The molecule has 0 bridgehead atoms. The number of anilines is 1. The van der Waals surface area contributed by atoms with Gasteiger partial charge < -0.3 is 15.7 Å². The average Bonchev–Trinajstić information content (AvgIpc) is 3.00. The van der Waals surface area contributed by atoms with Gasteiger partial charge in [0.2, 0.25) is 5.95 Å². The van der Waals surface area contributed by atoms with Crippen molar-refractivity contribution in [2.24, 2.45) is 5.73 Å². The Hall–Kier alpha value is -2.63. The van der Waals surface area contributed by atoms with Gasteiger partial charge in [-0.1, -0.05) is 24.3 Å². The Morgan fingerprint density at radius 2 is 2.07 bits per heavy atom. The van der Waals surface area contributed by atoms with Gasteiger partial charge >= 0.3 is 0 Å². The maximum atomic E-state index is 14.4. The Balaban J connectivity index is 1.76. The van der Waals surface area contributed by atoms with Crippen LogP contribution in [0.15, 0.2) is 24.3 Å². The first kappa shape index (κ1) is 18.7. The van der Waals surface area contributed by atoms with E-state index < -0.39 is 18.1 Å². The van der Waals surface area contributed by atoms with Crippen molar-refractivity contribution in [3.8, 4) is 17.3 Å². The highest BCUT2D eigenvalue weighted by Crippen LogP contribution is 2.44. The number of nitriles is 1. The number of hydrogen-bond donors (Lipinski definition) is 2. The van der Waals surface area contributed by atoms with Crippen molar-refractivity contribution < 1.29 is 13.9 Å². The first-order chi connectivity index (χ1) is 13.3. The third-order valence-corrected chi connectivity index (χ3v) is 5.64. The molecule has 0 amide bonds. The first-order valence-corrected chi connectivity index (χ1v) is 9.28. The number of aliphatic hydroxyl groups excluding tert-OH is 1. The Bertz CT molecular complexity index is 941. The number of benzene rings is 1. The van der Waals surface area contributed by atoms with Gasteiger partial charge in [0.15, 0.2) is 0 Å². The van der Waals surface area contributed by atoms with Crippen molar-refractivity contribution >= 4 is 5.95 Å². The normalized spacial score (nSPS) is 23.6. The van der Waals surface area contributed by atoms with E-state index in [0.717, 1.165) is 5.56 Å². The molecule has 1 aromatic heterocycles. The molecule has 8 heteroatoms. The van der Waals surface area contributed by atoms with Crippen LogP contribution in [0.5, 0.6) is 0 Å². The molecule has 3 atom stereocenters. The summed E-state index contributed by atoms with van der Waals surface area (Å²) in [5.41, 5.74) is 8.22. The molecule has 2 heterocycles. The zero-order valence-electron chi connectivity index (χ0n) is 15.4. The fourth-order valence-corrected chi connectivity index (χ4v) is 3.74. The Labute approximate surface area is 161 Å².